The third-order valence-electron chi connectivity index (χ3n) is 2.79. The number of nitrogens with two attached hydrogens (primary N) is 1. The highest BCUT2D eigenvalue weighted by molar-refractivity contribution is 5.79. The van der Waals surface area contributed by atoms with Gasteiger partial charge in [0, 0.05) is 6.04 Å². The van der Waals surface area contributed by atoms with Crippen LogP contribution in [0, 0.1) is 0 Å². The number of alkyl halides is 3. The average molecular weight is 272 g/mol. The Bertz CT molecular complexity index is 466. The number of aliphatic imine (C=N–C) groups is 1. The number of hydrogen-bond acceptors (Lipinski definition) is 2. The Morgan fingerprint density at radius 3 is 2.58 bits per heavy atom. The predicted octanol–water partition coefficient (Wildman–Crippen LogP) is 1.78. The van der Waals surface area contributed by atoms with E-state index in [1.54, 1.807) is 6.07 Å². The Labute approximate surface area is 108 Å². The maximum atomic E-state index is 12.8. The van der Waals surface area contributed by atoms with Crippen LogP contribution in [0.3, 0.4) is 0 Å². The number of guanidine groups is 1. The molecule has 0 spiro atoms. The maximum absolute atomic E-state index is 12.8. The molecule has 1 saturated carbocycles. The second-order valence-corrected chi connectivity index (χ2v) is 4.38. The van der Waals surface area contributed by atoms with Gasteiger partial charge in [-0.25, -0.2) is 10.8 Å². The Hall–Kier alpha value is -1.76. The first-order valence-electron chi connectivity index (χ1n) is 5.93. The summed E-state index contributed by atoms with van der Waals surface area (Å²) in [5.41, 5.74) is 1.82. The molecule has 0 radical (unpaired) electrons. The van der Waals surface area contributed by atoms with E-state index in [1.807, 2.05) is 0 Å². The Kier molecular flexibility index (Phi) is 3.94. The van der Waals surface area contributed by atoms with E-state index in [0.29, 0.717) is 12.0 Å². The fraction of sp³-hybridized carbons (Fsp3) is 0.417. The predicted molar refractivity (Wildman–Crippen MR) is 66.1 cm³/mol. The molecule has 0 heterocycles. The maximum Gasteiger partial charge on any atom is 0.416 e. The van der Waals surface area contributed by atoms with E-state index in [0.717, 1.165) is 18.9 Å². The normalized spacial score (nSPS) is 16.3. The molecule has 0 unspecified atom stereocenters. The van der Waals surface area contributed by atoms with Gasteiger partial charge in [-0.2, -0.15) is 13.2 Å². The van der Waals surface area contributed by atoms with Gasteiger partial charge in [0.25, 0.3) is 0 Å². The van der Waals surface area contributed by atoms with Crippen LogP contribution in [0.2, 0.25) is 0 Å². The molecule has 1 fully saturated rings. The third kappa shape index (κ3) is 3.85. The molecule has 0 bridgehead atoms. The molecule has 1 aliphatic carbocycles. The highest BCUT2D eigenvalue weighted by Crippen LogP contribution is 2.32. The number of halogens is 3. The van der Waals surface area contributed by atoms with E-state index in [9.17, 15) is 13.2 Å². The number of rotatable bonds is 3. The van der Waals surface area contributed by atoms with Crippen molar-refractivity contribution in [2.24, 2.45) is 10.8 Å². The van der Waals surface area contributed by atoms with Crippen molar-refractivity contribution in [3.05, 3.63) is 35.4 Å². The van der Waals surface area contributed by atoms with Crippen molar-refractivity contribution < 1.29 is 13.2 Å². The topological polar surface area (TPSA) is 62.4 Å². The second-order valence-electron chi connectivity index (χ2n) is 4.38. The molecule has 1 aromatic carbocycles. The summed E-state index contributed by atoms with van der Waals surface area (Å²) >= 11 is 0. The van der Waals surface area contributed by atoms with Crippen LogP contribution < -0.4 is 16.6 Å². The van der Waals surface area contributed by atoms with Gasteiger partial charge in [-0.1, -0.05) is 18.2 Å². The van der Waals surface area contributed by atoms with Crippen LogP contribution >= 0.6 is 0 Å². The van der Waals surface area contributed by atoms with Crippen LogP contribution in [0.25, 0.3) is 0 Å². The second kappa shape index (κ2) is 5.48. The molecule has 7 heteroatoms. The average Bonchev–Trinajstić information content (AvgIpc) is 3.17. The first-order valence-corrected chi connectivity index (χ1v) is 5.93. The minimum atomic E-state index is -4.37. The number of hydrazine groups is 1. The molecule has 0 saturated heterocycles. The summed E-state index contributed by atoms with van der Waals surface area (Å²) in [5.74, 6) is 5.59. The molecule has 2 rings (SSSR count). The first kappa shape index (κ1) is 13.7. The van der Waals surface area contributed by atoms with Gasteiger partial charge >= 0.3 is 6.18 Å². The van der Waals surface area contributed by atoms with Gasteiger partial charge in [-0.15, -0.1) is 0 Å². The highest BCUT2D eigenvalue weighted by atomic mass is 19.4. The number of nitrogens with one attached hydrogen (secondary N) is 2. The lowest BCUT2D eigenvalue weighted by atomic mass is 10.1. The molecule has 0 aromatic heterocycles. The molecule has 1 aromatic rings. The number of benzene rings is 1. The molecule has 104 valence electrons. The van der Waals surface area contributed by atoms with E-state index >= 15 is 0 Å². The standard InChI is InChI=1S/C12H15F3N4/c13-12(14,15)10-4-2-1-3-8(10)7-17-11(19-16)18-9-5-6-9/h1-4,9H,5-7,16H2,(H2,17,18,19). The molecule has 1 aliphatic rings. The molecule has 0 amide bonds. The van der Waals surface area contributed by atoms with Crippen LogP contribution in [-0.4, -0.2) is 12.0 Å². The minimum Gasteiger partial charge on any atom is -0.353 e. The Morgan fingerprint density at radius 2 is 2.00 bits per heavy atom. The van der Waals surface area contributed by atoms with Crippen LogP contribution in [-0.2, 0) is 12.7 Å². The summed E-state index contributed by atoms with van der Waals surface area (Å²) in [6.07, 6.45) is -2.31. The molecule has 0 aliphatic heterocycles. The van der Waals surface area contributed by atoms with Gasteiger partial charge in [0.2, 0.25) is 5.96 Å². The van der Waals surface area contributed by atoms with Crippen molar-refractivity contribution in [1.82, 2.24) is 10.7 Å². The quantitative estimate of drug-likeness (QED) is 0.340. The summed E-state index contributed by atoms with van der Waals surface area (Å²) in [6, 6.07) is 5.71. The van der Waals surface area contributed by atoms with Crippen LogP contribution in [0.1, 0.15) is 24.0 Å². The minimum absolute atomic E-state index is 0.0745. The SMILES string of the molecule is NNC(=NCc1ccccc1C(F)(F)F)NC1CC1. The molecule has 0 atom stereocenters. The van der Waals surface area contributed by atoms with Crippen LogP contribution in [0.5, 0.6) is 0 Å². The van der Waals surface area contributed by atoms with E-state index in [2.05, 4.69) is 15.7 Å². The van der Waals surface area contributed by atoms with Crippen molar-refractivity contribution in [3.8, 4) is 0 Å². The highest BCUT2D eigenvalue weighted by Gasteiger charge is 2.32. The molecule has 4 nitrogen and oxygen atoms in total. The Morgan fingerprint density at radius 1 is 1.32 bits per heavy atom. The van der Waals surface area contributed by atoms with Gasteiger partial charge in [-0.05, 0) is 24.5 Å². The molecule has 4 N–H and O–H groups in total. The number of hydrogen-bond donors (Lipinski definition) is 3. The molecule has 19 heavy (non-hydrogen) atoms. The van der Waals surface area contributed by atoms with Crippen molar-refractivity contribution in [3.63, 3.8) is 0 Å². The molecular weight excluding hydrogens is 257 g/mol. The number of nitrogens with zero attached hydrogens (tertiary/aromatic N) is 1. The lowest BCUT2D eigenvalue weighted by Crippen LogP contribution is -2.42. The summed E-state index contributed by atoms with van der Waals surface area (Å²) in [5, 5.41) is 3.00. The van der Waals surface area contributed by atoms with E-state index in [-0.39, 0.29) is 12.1 Å². The van der Waals surface area contributed by atoms with Gasteiger partial charge in [0.1, 0.15) is 0 Å². The van der Waals surface area contributed by atoms with E-state index in [1.165, 1.54) is 12.1 Å². The lowest BCUT2D eigenvalue weighted by molar-refractivity contribution is -0.138. The van der Waals surface area contributed by atoms with Crippen molar-refractivity contribution >= 4 is 5.96 Å². The van der Waals surface area contributed by atoms with Gasteiger partial charge in [-0.3, -0.25) is 5.43 Å². The van der Waals surface area contributed by atoms with Crippen molar-refractivity contribution in [1.29, 1.82) is 0 Å². The molecular formula is C12H15F3N4. The summed E-state index contributed by atoms with van der Waals surface area (Å²) in [6.45, 7) is -0.0745. The fourth-order valence-electron chi connectivity index (χ4n) is 1.65. The van der Waals surface area contributed by atoms with Crippen molar-refractivity contribution in [2.75, 3.05) is 0 Å². The van der Waals surface area contributed by atoms with Gasteiger partial charge < -0.3 is 5.32 Å². The zero-order valence-corrected chi connectivity index (χ0v) is 10.2. The summed E-state index contributed by atoms with van der Waals surface area (Å²) < 4.78 is 38.3. The van der Waals surface area contributed by atoms with Crippen molar-refractivity contribution in [2.45, 2.75) is 31.6 Å². The van der Waals surface area contributed by atoms with E-state index in [4.69, 9.17) is 5.84 Å². The summed E-state index contributed by atoms with van der Waals surface area (Å²) in [7, 11) is 0. The van der Waals surface area contributed by atoms with Crippen LogP contribution in [0.4, 0.5) is 13.2 Å². The third-order valence-corrected chi connectivity index (χ3v) is 2.79. The Balaban J connectivity index is 2.11. The van der Waals surface area contributed by atoms with E-state index < -0.39 is 11.7 Å². The fourth-order valence-corrected chi connectivity index (χ4v) is 1.65. The smallest absolute Gasteiger partial charge is 0.353 e. The van der Waals surface area contributed by atoms with Crippen LogP contribution in [0.15, 0.2) is 29.3 Å². The summed E-state index contributed by atoms with van der Waals surface area (Å²) in [4.78, 5) is 4.04. The monoisotopic (exact) mass is 272 g/mol. The van der Waals surface area contributed by atoms with Gasteiger partial charge in [0.15, 0.2) is 0 Å². The zero-order chi connectivity index (χ0) is 13.9. The zero-order valence-electron chi connectivity index (χ0n) is 10.2. The first-order chi connectivity index (χ1) is 9.00. The largest absolute Gasteiger partial charge is 0.416 e. The van der Waals surface area contributed by atoms with Gasteiger partial charge in [0.05, 0.1) is 12.1 Å². The lowest BCUT2D eigenvalue weighted by Gasteiger charge is -2.12.